The number of benzene rings is 1. The molecule has 0 atom stereocenters. The van der Waals surface area contributed by atoms with Gasteiger partial charge in [0.1, 0.15) is 0 Å². The molecule has 0 saturated carbocycles. The van der Waals surface area contributed by atoms with Crippen molar-refractivity contribution in [2.45, 2.75) is 24.1 Å². The van der Waals surface area contributed by atoms with Gasteiger partial charge in [-0.3, -0.25) is 22.8 Å². The molecule has 81 valence electrons. The molecule has 1 aromatic rings. The molecule has 0 spiro atoms. The topological polar surface area (TPSA) is 0 Å². The Hall–Kier alpha value is 1.88. The van der Waals surface area contributed by atoms with Crippen molar-refractivity contribution < 1.29 is 53.8 Å². The van der Waals surface area contributed by atoms with Gasteiger partial charge in [-0.1, -0.05) is 41.7 Å². The summed E-state index contributed by atoms with van der Waals surface area (Å²) in [6.45, 7) is 3.87. The maximum Gasteiger partial charge on any atom is 0.190 e. The van der Waals surface area contributed by atoms with Crippen molar-refractivity contribution in [1.29, 1.82) is 0 Å². The molecular formula is C10H9Cl3WY-2. The summed E-state index contributed by atoms with van der Waals surface area (Å²) in [4.78, 5) is 0. The second-order valence-electron chi connectivity index (χ2n) is 2.99. The largest absolute Gasteiger partial charge is 0.356 e. The molecule has 15 heavy (non-hydrogen) atoms. The zero-order chi connectivity index (χ0) is 10.1. The second-order valence-corrected chi connectivity index (χ2v) is 5.51. The first kappa shape index (κ1) is 19.2. The molecule has 0 aliphatic heterocycles. The van der Waals surface area contributed by atoms with Crippen molar-refractivity contribution >= 4 is 34.8 Å². The normalized spacial score (nSPS) is 10.2. The molecule has 5 heteroatoms. The first-order valence-corrected chi connectivity index (χ1v) is 4.99. The van der Waals surface area contributed by atoms with Crippen LogP contribution in [0, 0.1) is 26.0 Å². The molecule has 0 amide bonds. The van der Waals surface area contributed by atoms with Crippen molar-refractivity contribution in [3.8, 4) is 0 Å². The third kappa shape index (κ3) is 7.74. The summed E-state index contributed by atoms with van der Waals surface area (Å²) in [5.74, 6) is 0. The van der Waals surface area contributed by atoms with Crippen LogP contribution in [0.4, 0.5) is 0 Å². The minimum atomic E-state index is -1.24. The van der Waals surface area contributed by atoms with Gasteiger partial charge in [-0.05, 0) is 6.42 Å². The van der Waals surface area contributed by atoms with E-state index in [0.29, 0.717) is 6.42 Å². The quantitative estimate of drug-likeness (QED) is 0.400. The van der Waals surface area contributed by atoms with Crippen molar-refractivity contribution in [1.82, 2.24) is 0 Å². The van der Waals surface area contributed by atoms with Crippen molar-refractivity contribution in [2.75, 3.05) is 0 Å². The monoisotopic (exact) mass is 507 g/mol. The van der Waals surface area contributed by atoms with Crippen molar-refractivity contribution in [3.05, 3.63) is 34.9 Å². The van der Waals surface area contributed by atoms with Crippen LogP contribution in [-0.4, -0.2) is 3.79 Å². The van der Waals surface area contributed by atoms with Crippen LogP contribution in [0.5, 0.6) is 0 Å². The zero-order valence-corrected chi connectivity index (χ0v) is 16.4. The average Bonchev–Trinajstić information content (AvgIpc) is 1.94. The van der Waals surface area contributed by atoms with E-state index >= 15 is 0 Å². The summed E-state index contributed by atoms with van der Waals surface area (Å²) in [6, 6.07) is 8.05. The van der Waals surface area contributed by atoms with E-state index in [1.54, 1.807) is 0 Å². The van der Waals surface area contributed by atoms with Gasteiger partial charge in [0.15, 0.2) is 3.79 Å². The van der Waals surface area contributed by atoms with E-state index < -0.39 is 3.79 Å². The van der Waals surface area contributed by atoms with Gasteiger partial charge in [-0.25, -0.2) is 0 Å². The fourth-order valence-electron chi connectivity index (χ4n) is 1.05. The molecule has 0 N–H and O–H groups in total. The molecule has 0 saturated heterocycles. The molecule has 0 aliphatic rings. The summed E-state index contributed by atoms with van der Waals surface area (Å²) in [5, 5.41) is 0. The van der Waals surface area contributed by atoms with Crippen molar-refractivity contribution in [2.24, 2.45) is 0 Å². The Morgan fingerprint density at radius 2 is 1.80 bits per heavy atom. The molecule has 0 nitrogen and oxygen atoms in total. The van der Waals surface area contributed by atoms with Crippen LogP contribution in [0.2, 0.25) is 0 Å². The van der Waals surface area contributed by atoms with E-state index in [2.05, 4.69) is 12.1 Å². The first-order valence-electron chi connectivity index (χ1n) is 3.85. The maximum absolute atomic E-state index is 5.69. The van der Waals surface area contributed by atoms with E-state index in [1.807, 2.05) is 19.9 Å². The van der Waals surface area contributed by atoms with Crippen LogP contribution in [0.25, 0.3) is 0 Å². The molecule has 1 radical (unpaired) electrons. The minimum Gasteiger partial charge on any atom is -0.356 e. The van der Waals surface area contributed by atoms with Gasteiger partial charge in [-0.15, -0.1) is 6.92 Å². The minimum absolute atomic E-state index is 0. The number of aryl methyl sites for hydroxylation is 2. The number of rotatable bonds is 1. The molecule has 1 aromatic carbocycles. The molecule has 1 rings (SSSR count). The number of alkyl halides is 3. The van der Waals surface area contributed by atoms with Crippen LogP contribution in [0.3, 0.4) is 0 Å². The third-order valence-electron chi connectivity index (χ3n) is 1.70. The van der Waals surface area contributed by atoms with Gasteiger partial charge >= 0.3 is 0 Å². The molecule has 0 fully saturated rings. The Kier molecular flexibility index (Phi) is 10.3. The predicted octanol–water partition coefficient (Wildman–Crippen LogP) is 3.81. The van der Waals surface area contributed by atoms with Gasteiger partial charge in [0.2, 0.25) is 0 Å². The van der Waals surface area contributed by atoms with E-state index in [1.165, 1.54) is 0 Å². The van der Waals surface area contributed by atoms with E-state index in [0.717, 1.165) is 16.7 Å². The van der Waals surface area contributed by atoms with Gasteiger partial charge in [0.05, 0.1) is 0 Å². The fraction of sp³-hybridized carbons (Fsp3) is 0.400. The fourth-order valence-corrected chi connectivity index (χ4v) is 1.45. The second kappa shape index (κ2) is 8.07. The Morgan fingerprint density at radius 1 is 1.27 bits per heavy atom. The molecular weight excluding hydrogens is 499 g/mol. The SMILES string of the molecule is Cc1[c-]cc(C)c(CC(Cl)(Cl)Cl)[c-]1.[W].[Y]. The Morgan fingerprint density at radius 3 is 2.27 bits per heavy atom. The van der Waals surface area contributed by atoms with E-state index in [-0.39, 0.29) is 53.8 Å². The average molecular weight is 508 g/mol. The van der Waals surface area contributed by atoms with Gasteiger partial charge < -0.3 is 12.1 Å². The molecule has 0 heterocycles. The maximum atomic E-state index is 5.69. The van der Waals surface area contributed by atoms with Gasteiger partial charge in [0, 0.05) is 53.8 Å². The Bertz CT molecular complexity index is 310. The summed E-state index contributed by atoms with van der Waals surface area (Å²) >= 11 is 17.1. The van der Waals surface area contributed by atoms with E-state index in [4.69, 9.17) is 34.8 Å². The van der Waals surface area contributed by atoms with E-state index in [9.17, 15) is 0 Å². The molecule has 0 aromatic heterocycles. The molecule has 0 unspecified atom stereocenters. The standard InChI is InChI=1S/C10H9Cl3.W.Y/c1-7-3-4-8(2)9(5-7)6-10(11,12)13;;/h4H,6H2,1-2H3;;/q-2;;. The van der Waals surface area contributed by atoms with Gasteiger partial charge in [0.25, 0.3) is 0 Å². The molecule has 0 aliphatic carbocycles. The summed E-state index contributed by atoms with van der Waals surface area (Å²) < 4.78 is -1.24. The van der Waals surface area contributed by atoms with Crippen LogP contribution < -0.4 is 0 Å². The van der Waals surface area contributed by atoms with Crippen LogP contribution in [0.15, 0.2) is 6.07 Å². The van der Waals surface area contributed by atoms with Crippen molar-refractivity contribution in [3.63, 3.8) is 0 Å². The Balaban J connectivity index is 0. The smallest absolute Gasteiger partial charge is 0.190 e. The van der Waals surface area contributed by atoms with Crippen LogP contribution >= 0.6 is 34.8 Å². The number of hydrogen-bond acceptors (Lipinski definition) is 0. The van der Waals surface area contributed by atoms with Crippen LogP contribution in [0.1, 0.15) is 16.7 Å². The number of hydrogen-bond donors (Lipinski definition) is 0. The third-order valence-corrected chi connectivity index (χ3v) is 2.10. The molecule has 0 bridgehead atoms. The van der Waals surface area contributed by atoms with Crippen LogP contribution in [-0.2, 0) is 60.2 Å². The zero-order valence-electron chi connectivity index (χ0n) is 8.40. The predicted molar refractivity (Wildman–Crippen MR) is 57.6 cm³/mol. The Labute approximate surface area is 146 Å². The summed E-state index contributed by atoms with van der Waals surface area (Å²) in [6.07, 6.45) is 0.388. The summed E-state index contributed by atoms with van der Waals surface area (Å²) in [5.41, 5.74) is 2.93. The van der Waals surface area contributed by atoms with Gasteiger partial charge in [-0.2, -0.15) is 0 Å². The summed E-state index contributed by atoms with van der Waals surface area (Å²) in [7, 11) is 0. The number of halogens is 3. The first-order chi connectivity index (χ1) is 5.88.